The van der Waals surface area contributed by atoms with Gasteiger partial charge in [0.15, 0.2) is 23.6 Å². The number of amides is 1. The monoisotopic (exact) mass is 462 g/mol. The molecular formula is C23H22N6O3S. The molecule has 3 aromatic heterocycles. The fourth-order valence-corrected chi connectivity index (χ4v) is 4.36. The molecule has 1 aliphatic heterocycles. The predicted molar refractivity (Wildman–Crippen MR) is 126 cm³/mol. The number of nitrogens with zero attached hydrogens (tertiary/aromatic N) is 6. The molecule has 0 atom stereocenters. The Balaban J connectivity index is 1.24. The van der Waals surface area contributed by atoms with Crippen LogP contribution in [0.15, 0.2) is 54.3 Å². The predicted octanol–water partition coefficient (Wildman–Crippen LogP) is 2.88. The summed E-state index contributed by atoms with van der Waals surface area (Å²) in [4.78, 5) is 35.7. The Morgan fingerprint density at radius 2 is 1.82 bits per heavy atom. The number of rotatable bonds is 6. The lowest BCUT2D eigenvalue weighted by molar-refractivity contribution is -0.133. The largest absolute Gasteiger partial charge is 0.497 e. The van der Waals surface area contributed by atoms with Gasteiger partial charge in [-0.05, 0) is 35.7 Å². The summed E-state index contributed by atoms with van der Waals surface area (Å²) in [6, 6.07) is 11.2. The van der Waals surface area contributed by atoms with Gasteiger partial charge in [0.2, 0.25) is 0 Å². The molecule has 10 heteroatoms. The van der Waals surface area contributed by atoms with Gasteiger partial charge in [-0.1, -0.05) is 6.07 Å². The number of aromatic nitrogens is 4. The van der Waals surface area contributed by atoms with E-state index in [1.54, 1.807) is 48.9 Å². The van der Waals surface area contributed by atoms with Gasteiger partial charge in [-0.15, -0.1) is 11.3 Å². The molecule has 0 spiro atoms. The quantitative estimate of drug-likeness (QED) is 0.432. The Kier molecular flexibility index (Phi) is 5.99. The van der Waals surface area contributed by atoms with Crippen molar-refractivity contribution in [1.29, 1.82) is 0 Å². The third-order valence-corrected chi connectivity index (χ3v) is 6.34. The number of carbonyl (C=O) groups excluding carboxylic acids is 1. The number of piperazine rings is 1. The van der Waals surface area contributed by atoms with Crippen LogP contribution in [-0.2, 0) is 4.79 Å². The highest BCUT2D eigenvalue weighted by molar-refractivity contribution is 7.13. The lowest BCUT2D eigenvalue weighted by Crippen LogP contribution is -2.50. The van der Waals surface area contributed by atoms with Crippen molar-refractivity contribution in [2.75, 3.05) is 44.8 Å². The molecule has 0 saturated carbocycles. The minimum absolute atomic E-state index is 0.00157. The highest BCUT2D eigenvalue weighted by atomic mass is 32.1. The van der Waals surface area contributed by atoms with Gasteiger partial charge < -0.3 is 19.3 Å². The fraction of sp³-hybridized carbons (Fsp3) is 0.261. The lowest BCUT2D eigenvalue weighted by Gasteiger charge is -2.35. The Morgan fingerprint density at radius 1 is 1.03 bits per heavy atom. The van der Waals surface area contributed by atoms with E-state index in [4.69, 9.17) is 14.5 Å². The first-order valence-electron chi connectivity index (χ1n) is 10.5. The number of anilines is 1. The van der Waals surface area contributed by atoms with Crippen molar-refractivity contribution in [2.45, 2.75) is 0 Å². The molecule has 0 bridgehead atoms. The zero-order chi connectivity index (χ0) is 22.6. The molecule has 1 aromatic carbocycles. The molecule has 5 rings (SSSR count). The van der Waals surface area contributed by atoms with E-state index >= 15 is 0 Å². The van der Waals surface area contributed by atoms with Gasteiger partial charge in [0.25, 0.3) is 5.91 Å². The van der Waals surface area contributed by atoms with Crippen molar-refractivity contribution in [2.24, 2.45) is 0 Å². The maximum absolute atomic E-state index is 12.6. The maximum Gasteiger partial charge on any atom is 0.260 e. The summed E-state index contributed by atoms with van der Waals surface area (Å²) in [7, 11) is 1.61. The smallest absolute Gasteiger partial charge is 0.260 e. The van der Waals surface area contributed by atoms with Crippen molar-refractivity contribution >= 4 is 34.2 Å². The van der Waals surface area contributed by atoms with Gasteiger partial charge >= 0.3 is 0 Å². The maximum atomic E-state index is 12.6. The minimum Gasteiger partial charge on any atom is -0.497 e. The molecule has 33 heavy (non-hydrogen) atoms. The highest BCUT2D eigenvalue weighted by Gasteiger charge is 2.24. The van der Waals surface area contributed by atoms with Gasteiger partial charge in [0.1, 0.15) is 17.8 Å². The third-order valence-electron chi connectivity index (χ3n) is 5.45. The summed E-state index contributed by atoms with van der Waals surface area (Å²) in [5, 5.41) is 2.01. The van der Waals surface area contributed by atoms with Crippen molar-refractivity contribution < 1.29 is 14.3 Å². The Morgan fingerprint density at radius 3 is 2.55 bits per heavy atom. The molecule has 1 amide bonds. The SMILES string of the molecule is COc1ccc(OCC(=O)N2CCN(c3ncnc4ncc(-c5cccs5)nc34)CC2)cc1. The molecule has 168 valence electrons. The van der Waals surface area contributed by atoms with E-state index in [1.807, 2.05) is 22.4 Å². The van der Waals surface area contributed by atoms with Crippen molar-refractivity contribution in [3.8, 4) is 22.1 Å². The van der Waals surface area contributed by atoms with E-state index in [-0.39, 0.29) is 12.5 Å². The molecule has 4 aromatic rings. The van der Waals surface area contributed by atoms with Crippen LogP contribution in [0.4, 0.5) is 5.82 Å². The summed E-state index contributed by atoms with van der Waals surface area (Å²) in [5.41, 5.74) is 2.04. The van der Waals surface area contributed by atoms with E-state index in [0.29, 0.717) is 43.1 Å². The molecule has 1 fully saturated rings. The number of benzene rings is 1. The Labute approximate surface area is 194 Å². The first kappa shape index (κ1) is 21.1. The van der Waals surface area contributed by atoms with Gasteiger partial charge in [-0.2, -0.15) is 0 Å². The average molecular weight is 463 g/mol. The number of ether oxygens (including phenoxy) is 2. The Hall–Kier alpha value is -3.79. The number of fused-ring (bicyclic) bond motifs is 1. The zero-order valence-electron chi connectivity index (χ0n) is 18.0. The third kappa shape index (κ3) is 4.56. The van der Waals surface area contributed by atoms with Crippen molar-refractivity contribution in [3.05, 3.63) is 54.3 Å². The number of hydrogen-bond acceptors (Lipinski definition) is 9. The fourth-order valence-electron chi connectivity index (χ4n) is 3.68. The highest BCUT2D eigenvalue weighted by Crippen LogP contribution is 2.27. The van der Waals surface area contributed by atoms with E-state index in [2.05, 4.69) is 19.9 Å². The average Bonchev–Trinajstić information content (AvgIpc) is 3.42. The normalized spacial score (nSPS) is 13.8. The number of thiophene rings is 1. The first-order chi connectivity index (χ1) is 16.2. The molecule has 0 unspecified atom stereocenters. The standard InChI is InChI=1S/C23H22N6O3S/c1-31-16-4-6-17(7-5-16)32-14-20(30)28-8-10-29(11-9-28)23-21-22(25-15-26-23)24-13-18(27-21)19-3-2-12-33-19/h2-7,12-13,15H,8-11,14H2,1H3. The Bertz CT molecular complexity index is 1240. The molecular weight excluding hydrogens is 440 g/mol. The summed E-state index contributed by atoms with van der Waals surface area (Å²) >= 11 is 1.62. The molecule has 0 aliphatic carbocycles. The topological polar surface area (TPSA) is 93.6 Å². The van der Waals surface area contributed by atoms with Crippen LogP contribution in [0.1, 0.15) is 0 Å². The van der Waals surface area contributed by atoms with E-state index < -0.39 is 0 Å². The second kappa shape index (κ2) is 9.37. The molecule has 0 radical (unpaired) electrons. The van der Waals surface area contributed by atoms with Crippen molar-refractivity contribution in [3.63, 3.8) is 0 Å². The summed E-state index contributed by atoms with van der Waals surface area (Å²) in [5.74, 6) is 2.08. The number of methoxy groups -OCH3 is 1. The van der Waals surface area contributed by atoms with Gasteiger partial charge in [0.05, 0.1) is 23.9 Å². The van der Waals surface area contributed by atoms with Crippen LogP contribution >= 0.6 is 11.3 Å². The van der Waals surface area contributed by atoms with Crippen LogP contribution in [0, 0.1) is 0 Å². The van der Waals surface area contributed by atoms with Crippen LogP contribution in [0.25, 0.3) is 21.7 Å². The van der Waals surface area contributed by atoms with Crippen LogP contribution < -0.4 is 14.4 Å². The summed E-state index contributed by atoms with van der Waals surface area (Å²) in [6.45, 7) is 2.44. The van der Waals surface area contributed by atoms with Gasteiger partial charge in [-0.25, -0.2) is 19.9 Å². The number of carbonyl (C=O) groups is 1. The molecule has 0 N–H and O–H groups in total. The van der Waals surface area contributed by atoms with E-state index in [9.17, 15) is 4.79 Å². The summed E-state index contributed by atoms with van der Waals surface area (Å²) in [6.07, 6.45) is 3.25. The van der Waals surface area contributed by atoms with Crippen LogP contribution in [0.3, 0.4) is 0 Å². The first-order valence-corrected chi connectivity index (χ1v) is 11.4. The molecule has 9 nitrogen and oxygen atoms in total. The van der Waals surface area contributed by atoms with Gasteiger partial charge in [-0.3, -0.25) is 4.79 Å². The molecule has 1 saturated heterocycles. The summed E-state index contributed by atoms with van der Waals surface area (Å²) < 4.78 is 10.8. The lowest BCUT2D eigenvalue weighted by atomic mass is 10.3. The molecule has 1 aliphatic rings. The van der Waals surface area contributed by atoms with Gasteiger partial charge in [0, 0.05) is 26.2 Å². The zero-order valence-corrected chi connectivity index (χ0v) is 18.9. The van der Waals surface area contributed by atoms with Crippen LogP contribution in [0.5, 0.6) is 11.5 Å². The number of hydrogen-bond donors (Lipinski definition) is 0. The van der Waals surface area contributed by atoms with E-state index in [1.165, 1.54) is 6.33 Å². The molecule has 4 heterocycles. The van der Waals surface area contributed by atoms with Crippen molar-refractivity contribution in [1.82, 2.24) is 24.8 Å². The minimum atomic E-state index is -0.0437. The second-order valence-corrected chi connectivity index (χ2v) is 8.38. The van der Waals surface area contributed by atoms with Crippen LogP contribution in [-0.4, -0.2) is 70.6 Å². The second-order valence-electron chi connectivity index (χ2n) is 7.43. The van der Waals surface area contributed by atoms with E-state index in [0.717, 1.165) is 22.1 Å². The van der Waals surface area contributed by atoms with Crippen LogP contribution in [0.2, 0.25) is 0 Å².